The summed E-state index contributed by atoms with van der Waals surface area (Å²) in [5, 5.41) is 8.65. The van der Waals surface area contributed by atoms with Crippen LogP contribution in [-0.2, 0) is 33.7 Å². The highest BCUT2D eigenvalue weighted by Gasteiger charge is 2.30. The van der Waals surface area contributed by atoms with Crippen molar-refractivity contribution in [3.05, 3.63) is 61.5 Å². The van der Waals surface area contributed by atoms with Gasteiger partial charge < -0.3 is 9.88 Å². The maximum Gasteiger partial charge on any atom is 0.332 e. The summed E-state index contributed by atoms with van der Waals surface area (Å²) in [5.41, 5.74) is 1.32. The van der Waals surface area contributed by atoms with Crippen molar-refractivity contribution in [2.75, 3.05) is 5.32 Å². The van der Waals surface area contributed by atoms with Gasteiger partial charge >= 0.3 is 5.69 Å². The van der Waals surface area contributed by atoms with Gasteiger partial charge in [0.15, 0.2) is 21.1 Å². The fourth-order valence-electron chi connectivity index (χ4n) is 3.65. The number of halogens is 1. The molecular formula is C19H19BrN8O2S. The van der Waals surface area contributed by atoms with Crippen LogP contribution in [-0.4, -0.2) is 38.7 Å². The molecule has 0 amide bonds. The average Bonchev–Trinajstić information content (AvgIpc) is 3.42. The lowest BCUT2D eigenvalue weighted by atomic mass is 10.2. The van der Waals surface area contributed by atoms with Crippen LogP contribution >= 0.6 is 27.7 Å². The quantitative estimate of drug-likeness (QED) is 0.441. The van der Waals surface area contributed by atoms with Gasteiger partial charge in [0.25, 0.3) is 5.56 Å². The van der Waals surface area contributed by atoms with Gasteiger partial charge in [0.2, 0.25) is 5.95 Å². The minimum atomic E-state index is -0.377. The molecule has 0 bridgehead atoms. The smallest absolute Gasteiger partial charge is 0.332 e. The second kappa shape index (κ2) is 7.68. The topological polar surface area (TPSA) is 105 Å². The number of nitrogens with one attached hydrogen (secondary N) is 1. The Hall–Kier alpha value is -2.86. The SMILES string of the molecule is Cn1c(=O)c2c(nc3n2CC(Cn2nc(NCc4ccccc4)nc2Br)S3)n(C)c1=O. The van der Waals surface area contributed by atoms with Crippen molar-refractivity contribution < 1.29 is 0 Å². The number of hydrogen-bond donors (Lipinski definition) is 1. The Morgan fingerprint density at radius 1 is 1.16 bits per heavy atom. The minimum Gasteiger partial charge on any atom is -0.349 e. The molecule has 0 saturated heterocycles. The van der Waals surface area contributed by atoms with E-state index in [-0.39, 0.29) is 16.5 Å². The highest BCUT2D eigenvalue weighted by molar-refractivity contribution is 9.10. The van der Waals surface area contributed by atoms with E-state index < -0.39 is 0 Å². The van der Waals surface area contributed by atoms with Crippen LogP contribution < -0.4 is 16.6 Å². The number of nitrogens with zero attached hydrogens (tertiary/aromatic N) is 7. The zero-order valence-corrected chi connectivity index (χ0v) is 19.2. The molecule has 1 unspecified atom stereocenters. The number of fused-ring (bicyclic) bond motifs is 3. The van der Waals surface area contributed by atoms with Crippen molar-refractivity contribution in [1.29, 1.82) is 0 Å². The number of benzene rings is 1. The van der Waals surface area contributed by atoms with E-state index in [0.717, 1.165) is 15.3 Å². The van der Waals surface area contributed by atoms with Crippen LogP contribution in [0.25, 0.3) is 11.2 Å². The van der Waals surface area contributed by atoms with Gasteiger partial charge in [-0.15, -0.1) is 5.10 Å². The minimum absolute atomic E-state index is 0.133. The molecular weight excluding hydrogens is 484 g/mol. The average molecular weight is 503 g/mol. The Labute approximate surface area is 189 Å². The third-order valence-electron chi connectivity index (χ3n) is 5.27. The summed E-state index contributed by atoms with van der Waals surface area (Å²) in [5.74, 6) is 0.547. The number of aryl methyl sites for hydroxylation is 1. The van der Waals surface area contributed by atoms with E-state index in [9.17, 15) is 9.59 Å². The van der Waals surface area contributed by atoms with E-state index in [4.69, 9.17) is 0 Å². The number of imidazole rings is 1. The van der Waals surface area contributed by atoms with Crippen LogP contribution in [0.1, 0.15) is 5.56 Å². The first kappa shape index (κ1) is 20.1. The van der Waals surface area contributed by atoms with E-state index in [1.807, 2.05) is 34.9 Å². The van der Waals surface area contributed by atoms with Crippen molar-refractivity contribution in [1.82, 2.24) is 33.4 Å². The van der Waals surface area contributed by atoms with Crippen LogP contribution in [0.15, 0.2) is 49.8 Å². The third kappa shape index (κ3) is 3.49. The predicted molar refractivity (Wildman–Crippen MR) is 121 cm³/mol. The number of rotatable bonds is 5. The summed E-state index contributed by atoms with van der Waals surface area (Å²) in [4.78, 5) is 33.8. The molecule has 1 atom stereocenters. The molecule has 1 aliphatic heterocycles. The summed E-state index contributed by atoms with van der Waals surface area (Å²) in [6.07, 6.45) is 0. The van der Waals surface area contributed by atoms with E-state index in [1.54, 1.807) is 23.5 Å². The normalized spacial score (nSPS) is 15.5. The maximum atomic E-state index is 12.7. The third-order valence-corrected chi connectivity index (χ3v) is 7.01. The standard InChI is InChI=1S/C19H19BrN8O2S/c1-25-14-13(15(29)26(2)19(25)30)27-9-12(31-18(27)22-14)10-28-16(20)23-17(24-28)21-8-11-6-4-3-5-7-11/h3-7,12H,8-10H2,1-2H3,(H,21,24). The molecule has 160 valence electrons. The molecule has 3 aromatic heterocycles. The first-order valence-corrected chi connectivity index (χ1v) is 11.3. The van der Waals surface area contributed by atoms with E-state index >= 15 is 0 Å². The number of hydrogen-bond acceptors (Lipinski definition) is 7. The molecule has 10 nitrogen and oxygen atoms in total. The monoisotopic (exact) mass is 502 g/mol. The van der Waals surface area contributed by atoms with Gasteiger partial charge in [-0.2, -0.15) is 4.98 Å². The fourth-order valence-corrected chi connectivity index (χ4v) is 5.22. The molecule has 1 aromatic carbocycles. The Morgan fingerprint density at radius 2 is 1.94 bits per heavy atom. The number of thioether (sulfide) groups is 1. The van der Waals surface area contributed by atoms with Gasteiger partial charge in [-0.3, -0.25) is 13.9 Å². The van der Waals surface area contributed by atoms with Crippen molar-refractivity contribution in [2.45, 2.75) is 30.0 Å². The summed E-state index contributed by atoms with van der Waals surface area (Å²) >= 11 is 5.05. The zero-order chi connectivity index (χ0) is 21.7. The van der Waals surface area contributed by atoms with Crippen molar-refractivity contribution in [2.24, 2.45) is 14.1 Å². The fraction of sp³-hybridized carbons (Fsp3) is 0.316. The molecule has 0 radical (unpaired) electrons. The molecule has 31 heavy (non-hydrogen) atoms. The highest BCUT2D eigenvalue weighted by Crippen LogP contribution is 2.34. The van der Waals surface area contributed by atoms with Crippen LogP contribution in [0.4, 0.5) is 5.95 Å². The van der Waals surface area contributed by atoms with Gasteiger partial charge in [0.1, 0.15) is 0 Å². The summed E-state index contributed by atoms with van der Waals surface area (Å²) in [6.45, 7) is 1.84. The Morgan fingerprint density at radius 3 is 2.71 bits per heavy atom. The van der Waals surface area contributed by atoms with Gasteiger partial charge in [0, 0.05) is 27.2 Å². The van der Waals surface area contributed by atoms with Crippen LogP contribution in [0.2, 0.25) is 0 Å². The second-order valence-electron chi connectivity index (χ2n) is 7.35. The first-order valence-electron chi connectivity index (χ1n) is 9.63. The van der Waals surface area contributed by atoms with Crippen LogP contribution in [0.5, 0.6) is 0 Å². The second-order valence-corrected chi connectivity index (χ2v) is 9.33. The zero-order valence-electron chi connectivity index (χ0n) is 16.8. The van der Waals surface area contributed by atoms with Crippen molar-refractivity contribution in [3.63, 3.8) is 0 Å². The van der Waals surface area contributed by atoms with E-state index in [1.165, 1.54) is 11.6 Å². The summed E-state index contributed by atoms with van der Waals surface area (Å²) in [7, 11) is 3.12. The molecule has 5 rings (SSSR count). The molecule has 4 heterocycles. The Kier molecular flexibility index (Phi) is 4.97. The first-order chi connectivity index (χ1) is 14.9. The van der Waals surface area contributed by atoms with E-state index in [0.29, 0.717) is 41.5 Å². The number of anilines is 1. The Balaban J connectivity index is 1.34. The highest BCUT2D eigenvalue weighted by atomic mass is 79.9. The van der Waals surface area contributed by atoms with Crippen LogP contribution in [0, 0.1) is 0 Å². The molecule has 1 N–H and O–H groups in total. The summed E-state index contributed by atoms with van der Waals surface area (Å²) in [6, 6.07) is 10.1. The molecule has 4 aromatic rings. The molecule has 0 saturated carbocycles. The lowest BCUT2D eigenvalue weighted by molar-refractivity contribution is 0.540. The maximum absolute atomic E-state index is 12.7. The van der Waals surface area contributed by atoms with Gasteiger partial charge in [-0.25, -0.2) is 14.5 Å². The van der Waals surface area contributed by atoms with Gasteiger partial charge in [-0.05, 0) is 21.5 Å². The van der Waals surface area contributed by atoms with Crippen LogP contribution in [0.3, 0.4) is 0 Å². The molecule has 0 fully saturated rings. The molecule has 1 aliphatic rings. The van der Waals surface area contributed by atoms with Crippen molar-refractivity contribution in [3.8, 4) is 0 Å². The lowest BCUT2D eigenvalue weighted by Gasteiger charge is -2.10. The Bertz CT molecular complexity index is 1400. The largest absolute Gasteiger partial charge is 0.349 e. The lowest BCUT2D eigenvalue weighted by Crippen LogP contribution is -2.37. The van der Waals surface area contributed by atoms with Crippen molar-refractivity contribution >= 4 is 44.8 Å². The number of aromatic nitrogens is 7. The predicted octanol–water partition coefficient (Wildman–Crippen LogP) is 1.57. The van der Waals surface area contributed by atoms with Gasteiger partial charge in [0.05, 0.1) is 11.8 Å². The molecule has 0 spiro atoms. The summed E-state index contributed by atoms with van der Waals surface area (Å²) < 4.78 is 6.86. The van der Waals surface area contributed by atoms with E-state index in [2.05, 4.69) is 36.3 Å². The van der Waals surface area contributed by atoms with Gasteiger partial charge in [-0.1, -0.05) is 42.1 Å². The molecule has 12 heteroatoms. The molecule has 0 aliphatic carbocycles.